The SMILES string of the molecule is CCCC(=O)C=C(C)C(=O)OC. The molecule has 0 radical (unpaired) electrons. The Morgan fingerprint density at radius 1 is 1.42 bits per heavy atom. The van der Waals surface area contributed by atoms with Gasteiger partial charge in [0.05, 0.1) is 7.11 Å². The molecule has 0 spiro atoms. The van der Waals surface area contributed by atoms with Crippen LogP contribution in [0.25, 0.3) is 0 Å². The van der Waals surface area contributed by atoms with Crippen molar-refractivity contribution in [2.75, 3.05) is 7.11 Å². The van der Waals surface area contributed by atoms with Gasteiger partial charge in [0, 0.05) is 12.0 Å². The third kappa shape index (κ3) is 3.91. The van der Waals surface area contributed by atoms with Gasteiger partial charge in [0.2, 0.25) is 0 Å². The number of methoxy groups -OCH3 is 1. The molecule has 0 heterocycles. The summed E-state index contributed by atoms with van der Waals surface area (Å²) >= 11 is 0. The van der Waals surface area contributed by atoms with Crippen LogP contribution in [0.4, 0.5) is 0 Å². The van der Waals surface area contributed by atoms with E-state index in [2.05, 4.69) is 4.74 Å². The number of rotatable bonds is 4. The Morgan fingerprint density at radius 2 is 2.00 bits per heavy atom. The van der Waals surface area contributed by atoms with E-state index in [1.165, 1.54) is 13.2 Å². The maximum atomic E-state index is 11.0. The van der Waals surface area contributed by atoms with Crippen LogP contribution in [0.15, 0.2) is 11.6 Å². The Balaban J connectivity index is 4.15. The number of carbonyl (C=O) groups is 2. The van der Waals surface area contributed by atoms with Gasteiger partial charge in [-0.15, -0.1) is 0 Å². The zero-order valence-electron chi connectivity index (χ0n) is 7.72. The minimum atomic E-state index is -0.445. The Hall–Kier alpha value is -1.12. The van der Waals surface area contributed by atoms with Crippen LogP contribution in [0.3, 0.4) is 0 Å². The van der Waals surface area contributed by atoms with Crippen LogP contribution in [0.2, 0.25) is 0 Å². The largest absolute Gasteiger partial charge is 0.466 e. The highest BCUT2D eigenvalue weighted by Gasteiger charge is 2.04. The molecule has 0 saturated heterocycles. The first kappa shape index (κ1) is 10.9. The van der Waals surface area contributed by atoms with Gasteiger partial charge in [0.15, 0.2) is 5.78 Å². The number of hydrogen-bond donors (Lipinski definition) is 0. The first-order chi connectivity index (χ1) is 5.61. The third-order valence-corrected chi connectivity index (χ3v) is 1.38. The molecule has 0 rings (SSSR count). The zero-order valence-corrected chi connectivity index (χ0v) is 7.72. The van der Waals surface area contributed by atoms with Crippen LogP contribution < -0.4 is 0 Å². The fourth-order valence-corrected chi connectivity index (χ4v) is 0.780. The number of hydrogen-bond acceptors (Lipinski definition) is 3. The molecular formula is C9H14O3. The summed E-state index contributed by atoms with van der Waals surface area (Å²) in [6, 6.07) is 0. The van der Waals surface area contributed by atoms with Gasteiger partial charge in [-0.05, 0) is 19.4 Å². The summed E-state index contributed by atoms with van der Waals surface area (Å²) in [5.41, 5.74) is 0.357. The van der Waals surface area contributed by atoms with Crippen molar-refractivity contribution in [1.29, 1.82) is 0 Å². The van der Waals surface area contributed by atoms with E-state index in [0.717, 1.165) is 6.42 Å². The molecule has 0 aliphatic heterocycles. The standard InChI is InChI=1S/C9H14O3/c1-4-5-8(10)6-7(2)9(11)12-3/h6H,4-5H2,1-3H3. The number of carbonyl (C=O) groups excluding carboxylic acids is 2. The minimum absolute atomic E-state index is 0.0274. The second-order valence-electron chi connectivity index (χ2n) is 2.54. The van der Waals surface area contributed by atoms with Gasteiger partial charge in [-0.2, -0.15) is 0 Å². The normalized spacial score (nSPS) is 11.1. The second-order valence-corrected chi connectivity index (χ2v) is 2.54. The third-order valence-electron chi connectivity index (χ3n) is 1.38. The van der Waals surface area contributed by atoms with Crippen LogP contribution in [-0.4, -0.2) is 18.9 Å². The lowest BCUT2D eigenvalue weighted by Crippen LogP contribution is -2.04. The highest BCUT2D eigenvalue weighted by Crippen LogP contribution is 1.98. The molecule has 3 heteroatoms. The highest BCUT2D eigenvalue weighted by molar-refractivity contribution is 5.98. The Labute approximate surface area is 72.4 Å². The number of allylic oxidation sites excluding steroid dienone is 1. The van der Waals surface area contributed by atoms with Gasteiger partial charge in [0.25, 0.3) is 0 Å². The topological polar surface area (TPSA) is 43.4 Å². The molecule has 0 aromatic heterocycles. The average Bonchev–Trinajstić information content (AvgIpc) is 2.03. The first-order valence-electron chi connectivity index (χ1n) is 3.91. The summed E-state index contributed by atoms with van der Waals surface area (Å²) in [4.78, 5) is 21.8. The Bertz CT molecular complexity index is 204. The lowest BCUT2D eigenvalue weighted by atomic mass is 10.1. The monoisotopic (exact) mass is 170 g/mol. The van der Waals surface area contributed by atoms with Crippen LogP contribution >= 0.6 is 0 Å². The van der Waals surface area contributed by atoms with Crippen molar-refractivity contribution in [2.45, 2.75) is 26.7 Å². The summed E-state index contributed by atoms with van der Waals surface area (Å²) in [6.45, 7) is 3.48. The zero-order chi connectivity index (χ0) is 9.56. The van der Waals surface area contributed by atoms with Crippen molar-refractivity contribution in [2.24, 2.45) is 0 Å². The summed E-state index contributed by atoms with van der Waals surface area (Å²) < 4.78 is 4.43. The van der Waals surface area contributed by atoms with Gasteiger partial charge in [-0.25, -0.2) is 4.79 Å². The van der Waals surface area contributed by atoms with Crippen molar-refractivity contribution in [3.05, 3.63) is 11.6 Å². The van der Waals surface area contributed by atoms with E-state index in [-0.39, 0.29) is 5.78 Å². The molecule has 0 amide bonds. The van der Waals surface area contributed by atoms with Gasteiger partial charge < -0.3 is 4.74 Å². The molecule has 0 N–H and O–H groups in total. The predicted molar refractivity (Wildman–Crippen MR) is 45.7 cm³/mol. The number of ether oxygens (including phenoxy) is 1. The van der Waals surface area contributed by atoms with Crippen LogP contribution in [-0.2, 0) is 14.3 Å². The smallest absolute Gasteiger partial charge is 0.333 e. The summed E-state index contributed by atoms with van der Waals surface area (Å²) in [5, 5.41) is 0. The fourth-order valence-electron chi connectivity index (χ4n) is 0.780. The molecule has 0 aliphatic carbocycles. The maximum Gasteiger partial charge on any atom is 0.333 e. The molecule has 0 saturated carbocycles. The fraction of sp³-hybridized carbons (Fsp3) is 0.556. The molecule has 0 bridgehead atoms. The predicted octanol–water partition coefficient (Wildman–Crippen LogP) is 1.47. The van der Waals surface area contributed by atoms with Crippen LogP contribution in [0.5, 0.6) is 0 Å². The highest BCUT2D eigenvalue weighted by atomic mass is 16.5. The van der Waals surface area contributed by atoms with Crippen molar-refractivity contribution in [3.8, 4) is 0 Å². The van der Waals surface area contributed by atoms with Crippen molar-refractivity contribution < 1.29 is 14.3 Å². The average molecular weight is 170 g/mol. The minimum Gasteiger partial charge on any atom is -0.466 e. The van der Waals surface area contributed by atoms with Gasteiger partial charge >= 0.3 is 5.97 Å². The summed E-state index contributed by atoms with van der Waals surface area (Å²) in [7, 11) is 1.30. The summed E-state index contributed by atoms with van der Waals surface area (Å²) in [6.07, 6.45) is 2.60. The molecule has 68 valence electrons. The van der Waals surface area contributed by atoms with Crippen molar-refractivity contribution in [1.82, 2.24) is 0 Å². The Kier molecular flexibility index (Phi) is 5.00. The molecule has 12 heavy (non-hydrogen) atoms. The van der Waals surface area contributed by atoms with Crippen LogP contribution in [0.1, 0.15) is 26.7 Å². The molecule has 0 aliphatic rings. The molecule has 0 atom stereocenters. The van der Waals surface area contributed by atoms with E-state index >= 15 is 0 Å². The van der Waals surface area contributed by atoms with E-state index in [1.807, 2.05) is 6.92 Å². The van der Waals surface area contributed by atoms with Gasteiger partial charge in [-0.1, -0.05) is 6.92 Å². The molecule has 3 nitrogen and oxygen atoms in total. The lowest BCUT2D eigenvalue weighted by Gasteiger charge is -1.97. The lowest BCUT2D eigenvalue weighted by molar-refractivity contribution is -0.136. The van der Waals surface area contributed by atoms with E-state index in [4.69, 9.17) is 0 Å². The summed E-state index contributed by atoms with van der Waals surface area (Å²) in [5.74, 6) is -0.472. The van der Waals surface area contributed by atoms with Gasteiger partial charge in [-0.3, -0.25) is 4.79 Å². The maximum absolute atomic E-state index is 11.0. The molecule has 0 aromatic carbocycles. The van der Waals surface area contributed by atoms with E-state index < -0.39 is 5.97 Å². The molecule has 0 aromatic rings. The van der Waals surface area contributed by atoms with E-state index in [0.29, 0.717) is 12.0 Å². The molecular weight excluding hydrogens is 156 g/mol. The van der Waals surface area contributed by atoms with Crippen molar-refractivity contribution in [3.63, 3.8) is 0 Å². The quantitative estimate of drug-likeness (QED) is 0.474. The second kappa shape index (κ2) is 5.52. The van der Waals surface area contributed by atoms with Crippen molar-refractivity contribution >= 4 is 11.8 Å². The molecule has 0 unspecified atom stereocenters. The first-order valence-corrected chi connectivity index (χ1v) is 3.91. The molecule has 0 fully saturated rings. The Morgan fingerprint density at radius 3 is 2.42 bits per heavy atom. The van der Waals surface area contributed by atoms with Gasteiger partial charge in [0.1, 0.15) is 0 Å². The number of ketones is 1. The number of esters is 1. The van der Waals surface area contributed by atoms with E-state index in [9.17, 15) is 9.59 Å². The van der Waals surface area contributed by atoms with Crippen LogP contribution in [0, 0.1) is 0 Å². The van der Waals surface area contributed by atoms with E-state index in [1.54, 1.807) is 6.92 Å².